The summed E-state index contributed by atoms with van der Waals surface area (Å²) in [6.07, 6.45) is 3.80. The lowest BCUT2D eigenvalue weighted by molar-refractivity contribution is 0.0966. The van der Waals surface area contributed by atoms with Gasteiger partial charge in [-0.3, -0.25) is 9.69 Å². The van der Waals surface area contributed by atoms with Crippen LogP contribution in [-0.4, -0.2) is 44.4 Å². The van der Waals surface area contributed by atoms with Crippen molar-refractivity contribution in [2.45, 2.75) is 37.2 Å². The molecule has 0 bridgehead atoms. The van der Waals surface area contributed by atoms with Crippen molar-refractivity contribution in [1.29, 1.82) is 0 Å². The molecule has 202 valence electrons. The number of halogens is 1. The highest BCUT2D eigenvalue weighted by molar-refractivity contribution is 7.87. The number of likely N-dealkylation sites (tertiary alicyclic amines) is 1. The standard InChI is InChI=1S/C29H28ClN3O5S/c1-37-26-9-6-20(30)15-27(26)39(35,36)38-25-10-7-21(28-22(25)16-31-29(28)34)24-14-19-13-18(5-8-23(19)32-24)17-33-11-3-2-4-12-33/h5-10,13-15,32H,2-4,11-12,16-17H2,1H3,(H,31,34). The molecular weight excluding hydrogens is 538 g/mol. The van der Waals surface area contributed by atoms with Gasteiger partial charge in [0.2, 0.25) is 0 Å². The number of amides is 1. The van der Waals surface area contributed by atoms with E-state index in [9.17, 15) is 13.2 Å². The predicted octanol–water partition coefficient (Wildman–Crippen LogP) is 5.49. The highest BCUT2D eigenvalue weighted by atomic mass is 35.5. The summed E-state index contributed by atoms with van der Waals surface area (Å²) in [5.41, 5.74) is 4.55. The average molecular weight is 566 g/mol. The zero-order valence-corrected chi connectivity index (χ0v) is 23.0. The van der Waals surface area contributed by atoms with Gasteiger partial charge in [0.25, 0.3) is 5.91 Å². The second kappa shape index (κ2) is 10.2. The zero-order chi connectivity index (χ0) is 27.1. The molecule has 2 aliphatic heterocycles. The fourth-order valence-electron chi connectivity index (χ4n) is 5.43. The number of carbonyl (C=O) groups is 1. The molecule has 1 aromatic heterocycles. The van der Waals surface area contributed by atoms with Gasteiger partial charge in [-0.15, -0.1) is 0 Å². The third-order valence-electron chi connectivity index (χ3n) is 7.35. The van der Waals surface area contributed by atoms with Crippen LogP contribution in [0, 0.1) is 0 Å². The Labute approximate surface area is 232 Å². The molecule has 39 heavy (non-hydrogen) atoms. The van der Waals surface area contributed by atoms with Crippen LogP contribution in [0.4, 0.5) is 0 Å². The minimum atomic E-state index is -4.29. The third-order valence-corrected chi connectivity index (χ3v) is 8.84. The number of fused-ring (bicyclic) bond motifs is 2. The molecule has 3 aromatic carbocycles. The molecule has 0 unspecified atom stereocenters. The van der Waals surface area contributed by atoms with Gasteiger partial charge in [-0.25, -0.2) is 0 Å². The van der Waals surface area contributed by atoms with Gasteiger partial charge in [-0.05, 0) is 80.0 Å². The van der Waals surface area contributed by atoms with Gasteiger partial charge in [-0.2, -0.15) is 8.42 Å². The second-order valence-corrected chi connectivity index (χ2v) is 11.9. The molecule has 0 atom stereocenters. The summed E-state index contributed by atoms with van der Waals surface area (Å²) >= 11 is 6.04. The number of carbonyl (C=O) groups excluding carboxylic acids is 1. The highest BCUT2D eigenvalue weighted by Gasteiger charge is 2.31. The fourth-order valence-corrected chi connectivity index (χ4v) is 6.82. The van der Waals surface area contributed by atoms with E-state index in [1.807, 2.05) is 6.07 Å². The molecule has 4 aromatic rings. The molecule has 0 aliphatic carbocycles. The first kappa shape index (κ1) is 25.7. The first-order chi connectivity index (χ1) is 18.8. The molecule has 2 N–H and O–H groups in total. The Balaban J connectivity index is 1.34. The number of aromatic nitrogens is 1. The monoisotopic (exact) mass is 565 g/mol. The van der Waals surface area contributed by atoms with Crippen molar-refractivity contribution >= 4 is 38.5 Å². The Morgan fingerprint density at radius 3 is 2.56 bits per heavy atom. The molecule has 0 saturated carbocycles. The number of hydrogen-bond acceptors (Lipinski definition) is 6. The summed E-state index contributed by atoms with van der Waals surface area (Å²) in [6.45, 7) is 3.34. The Kier molecular flexibility index (Phi) is 6.74. The molecule has 0 radical (unpaired) electrons. The van der Waals surface area contributed by atoms with Crippen LogP contribution in [0.3, 0.4) is 0 Å². The minimum Gasteiger partial charge on any atom is -0.495 e. The molecule has 1 fully saturated rings. The van der Waals surface area contributed by atoms with Crippen LogP contribution in [0.1, 0.15) is 40.7 Å². The molecule has 0 spiro atoms. The van der Waals surface area contributed by atoms with E-state index >= 15 is 0 Å². The lowest BCUT2D eigenvalue weighted by atomic mass is 9.99. The number of ether oxygens (including phenoxy) is 1. The van der Waals surface area contributed by atoms with Crippen molar-refractivity contribution in [3.05, 3.63) is 76.3 Å². The van der Waals surface area contributed by atoms with Gasteiger partial charge in [0, 0.05) is 45.8 Å². The van der Waals surface area contributed by atoms with E-state index in [1.165, 1.54) is 50.1 Å². The lowest BCUT2D eigenvalue weighted by Crippen LogP contribution is -2.28. The lowest BCUT2D eigenvalue weighted by Gasteiger charge is -2.26. The molecule has 10 heteroatoms. The zero-order valence-electron chi connectivity index (χ0n) is 21.4. The van der Waals surface area contributed by atoms with Gasteiger partial charge in [0.1, 0.15) is 16.4 Å². The van der Waals surface area contributed by atoms with Crippen LogP contribution in [0.5, 0.6) is 11.5 Å². The quantitative estimate of drug-likeness (QED) is 0.287. The van der Waals surface area contributed by atoms with Crippen LogP contribution in [0.15, 0.2) is 59.5 Å². The fraction of sp³-hybridized carbons (Fsp3) is 0.276. The Morgan fingerprint density at radius 2 is 1.77 bits per heavy atom. The number of nitrogens with one attached hydrogen (secondary N) is 2. The van der Waals surface area contributed by atoms with Crippen LogP contribution >= 0.6 is 11.6 Å². The number of piperidine rings is 1. The number of benzene rings is 3. The topological polar surface area (TPSA) is 101 Å². The molecule has 1 saturated heterocycles. The van der Waals surface area contributed by atoms with E-state index in [1.54, 1.807) is 12.1 Å². The maximum absolute atomic E-state index is 13.2. The molecular formula is C29H28ClN3O5S. The molecule has 2 aliphatic rings. The van der Waals surface area contributed by atoms with Gasteiger partial charge < -0.3 is 19.2 Å². The Hall–Kier alpha value is -3.53. The number of H-pyrrole nitrogens is 1. The number of nitrogens with zero attached hydrogens (tertiary/aromatic N) is 1. The molecule has 3 heterocycles. The van der Waals surface area contributed by atoms with Crippen molar-refractivity contribution in [1.82, 2.24) is 15.2 Å². The average Bonchev–Trinajstić information content (AvgIpc) is 3.53. The van der Waals surface area contributed by atoms with E-state index in [4.69, 9.17) is 20.5 Å². The highest BCUT2D eigenvalue weighted by Crippen LogP contribution is 2.38. The van der Waals surface area contributed by atoms with E-state index in [-0.39, 0.29) is 33.9 Å². The summed E-state index contributed by atoms with van der Waals surface area (Å²) < 4.78 is 37.1. The first-order valence-electron chi connectivity index (χ1n) is 12.9. The smallest absolute Gasteiger partial charge is 0.343 e. The molecule has 1 amide bonds. The predicted molar refractivity (Wildman–Crippen MR) is 150 cm³/mol. The van der Waals surface area contributed by atoms with Gasteiger partial charge in [-0.1, -0.05) is 24.1 Å². The Morgan fingerprint density at radius 1 is 0.974 bits per heavy atom. The number of hydrogen-bond donors (Lipinski definition) is 2. The van der Waals surface area contributed by atoms with Crippen molar-refractivity contribution in [2.24, 2.45) is 0 Å². The van der Waals surface area contributed by atoms with Crippen molar-refractivity contribution < 1.29 is 22.1 Å². The third kappa shape index (κ3) is 4.97. The SMILES string of the molecule is COc1ccc(Cl)cc1S(=O)(=O)Oc1ccc(-c2cc3cc(CN4CCCCC4)ccc3[nH]2)c2c1CNC2=O. The summed E-state index contributed by atoms with van der Waals surface area (Å²) in [7, 11) is -2.92. The van der Waals surface area contributed by atoms with Gasteiger partial charge in [0.15, 0.2) is 0 Å². The molecule has 8 nitrogen and oxygen atoms in total. The number of rotatable bonds is 7. The maximum Gasteiger partial charge on any atom is 0.343 e. The normalized spacial score (nSPS) is 15.8. The van der Waals surface area contributed by atoms with Gasteiger partial charge >= 0.3 is 10.1 Å². The minimum absolute atomic E-state index is 0.0778. The number of aromatic amines is 1. The van der Waals surface area contributed by atoms with Crippen molar-refractivity contribution in [2.75, 3.05) is 20.2 Å². The Bertz CT molecular complexity index is 1690. The summed E-state index contributed by atoms with van der Waals surface area (Å²) in [4.78, 5) is 18.6. The summed E-state index contributed by atoms with van der Waals surface area (Å²) in [5, 5.41) is 4.09. The summed E-state index contributed by atoms with van der Waals surface area (Å²) in [6, 6.07) is 16.0. The van der Waals surface area contributed by atoms with Crippen molar-refractivity contribution in [3.8, 4) is 22.8 Å². The van der Waals surface area contributed by atoms with Crippen LogP contribution in [0.2, 0.25) is 5.02 Å². The van der Waals surface area contributed by atoms with Crippen LogP contribution in [-0.2, 0) is 23.2 Å². The van der Waals surface area contributed by atoms with Gasteiger partial charge in [0.05, 0.1) is 12.7 Å². The second-order valence-electron chi connectivity index (χ2n) is 9.92. The van der Waals surface area contributed by atoms with E-state index in [2.05, 4.69) is 33.4 Å². The maximum atomic E-state index is 13.2. The molecule has 6 rings (SSSR count). The largest absolute Gasteiger partial charge is 0.495 e. The van der Waals surface area contributed by atoms with E-state index in [0.717, 1.165) is 36.2 Å². The first-order valence-corrected chi connectivity index (χ1v) is 14.7. The number of methoxy groups -OCH3 is 1. The van der Waals surface area contributed by atoms with E-state index < -0.39 is 10.1 Å². The van der Waals surface area contributed by atoms with Crippen LogP contribution in [0.25, 0.3) is 22.2 Å². The summed E-state index contributed by atoms with van der Waals surface area (Å²) in [5.74, 6) is -0.0960. The van der Waals surface area contributed by atoms with E-state index in [0.29, 0.717) is 16.7 Å². The van der Waals surface area contributed by atoms with Crippen molar-refractivity contribution in [3.63, 3.8) is 0 Å². The van der Waals surface area contributed by atoms with Crippen LogP contribution < -0.4 is 14.2 Å².